The Morgan fingerprint density at radius 2 is 1.60 bits per heavy atom. The van der Waals surface area contributed by atoms with Gasteiger partial charge in [0.15, 0.2) is 17.4 Å². The van der Waals surface area contributed by atoms with Crippen LogP contribution in [0.4, 0.5) is 17.6 Å². The number of benzene rings is 1. The van der Waals surface area contributed by atoms with E-state index in [1.54, 1.807) is 0 Å². The van der Waals surface area contributed by atoms with Crippen molar-refractivity contribution in [2.24, 2.45) is 17.3 Å². The predicted molar refractivity (Wildman–Crippen MR) is 82.8 cm³/mol. The highest BCUT2D eigenvalue weighted by atomic mass is 19.2. The zero-order valence-electron chi connectivity index (χ0n) is 14.7. The van der Waals surface area contributed by atoms with Crippen molar-refractivity contribution in [1.82, 2.24) is 0 Å². The van der Waals surface area contributed by atoms with Crippen LogP contribution in [0, 0.1) is 40.5 Å². The molecular weight excluding hydrogens is 340 g/mol. The summed E-state index contributed by atoms with van der Waals surface area (Å²) in [5, 5.41) is 0. The molecule has 0 saturated heterocycles. The molecule has 0 spiro atoms. The number of carbonyl (C=O) groups is 1. The lowest BCUT2D eigenvalue weighted by molar-refractivity contribution is -0.147. The molecule has 0 heterocycles. The third-order valence-electron chi connectivity index (χ3n) is 4.55. The van der Waals surface area contributed by atoms with Gasteiger partial charge in [-0.15, -0.1) is 0 Å². The molecule has 1 aliphatic carbocycles. The number of ether oxygens (including phenoxy) is 2. The maximum Gasteiger partial charge on any atom is 0.310 e. The summed E-state index contributed by atoms with van der Waals surface area (Å²) in [4.78, 5) is 12.2. The van der Waals surface area contributed by atoms with E-state index in [0.29, 0.717) is 0 Å². The molecule has 0 amide bonds. The van der Waals surface area contributed by atoms with Crippen molar-refractivity contribution < 1.29 is 31.8 Å². The molecule has 0 N–H and O–H groups in total. The van der Waals surface area contributed by atoms with Gasteiger partial charge in [0.25, 0.3) is 0 Å². The number of halogens is 4. The van der Waals surface area contributed by atoms with Gasteiger partial charge in [0.2, 0.25) is 11.6 Å². The Bertz CT molecular complexity index is 707. The van der Waals surface area contributed by atoms with Gasteiger partial charge in [-0.3, -0.25) is 4.79 Å². The zero-order chi connectivity index (χ0) is 19.1. The number of hydrogen-bond donors (Lipinski definition) is 0. The Morgan fingerprint density at radius 3 is 2.04 bits per heavy atom. The number of hydrogen-bond acceptors (Lipinski definition) is 3. The summed E-state index contributed by atoms with van der Waals surface area (Å²) in [7, 11) is 0.888. The SMILES string of the molecule is COc1c(F)c(F)c(COC(=O)C2C(C=C(C)C)C2(C)C)c(F)c1F. The van der Waals surface area contributed by atoms with E-state index in [-0.39, 0.29) is 11.3 Å². The molecule has 2 unspecified atom stereocenters. The van der Waals surface area contributed by atoms with Gasteiger partial charge in [0.1, 0.15) is 6.61 Å². The molecular formula is C18H20F4O3. The van der Waals surface area contributed by atoms with Crippen LogP contribution in [0.15, 0.2) is 11.6 Å². The molecule has 1 saturated carbocycles. The van der Waals surface area contributed by atoms with Gasteiger partial charge >= 0.3 is 5.97 Å². The van der Waals surface area contributed by atoms with Crippen molar-refractivity contribution in [3.05, 3.63) is 40.5 Å². The number of methoxy groups -OCH3 is 1. The van der Waals surface area contributed by atoms with Crippen LogP contribution in [-0.4, -0.2) is 13.1 Å². The summed E-state index contributed by atoms with van der Waals surface area (Å²) in [5.41, 5.74) is -0.298. The fourth-order valence-corrected chi connectivity index (χ4v) is 2.99. The molecule has 0 aromatic heterocycles. The van der Waals surface area contributed by atoms with E-state index in [1.807, 2.05) is 33.8 Å². The first kappa shape index (κ1) is 19.3. The van der Waals surface area contributed by atoms with Gasteiger partial charge in [0, 0.05) is 0 Å². The molecule has 1 aliphatic rings. The molecule has 7 heteroatoms. The highest BCUT2D eigenvalue weighted by Crippen LogP contribution is 2.59. The summed E-state index contributed by atoms with van der Waals surface area (Å²) in [5.74, 6) is -8.95. The largest absolute Gasteiger partial charge is 0.491 e. The van der Waals surface area contributed by atoms with Gasteiger partial charge in [0.05, 0.1) is 18.6 Å². The van der Waals surface area contributed by atoms with Crippen LogP contribution in [0.3, 0.4) is 0 Å². The minimum atomic E-state index is -1.67. The standard InChI is InChI=1S/C18H20F4O3/c1-8(2)6-10-11(18(10,3)4)17(23)25-7-9-12(19)14(21)16(24-5)15(22)13(9)20/h6,10-11H,7H2,1-5H3. The number of carbonyl (C=O) groups excluding carboxylic acids is 1. The summed E-state index contributed by atoms with van der Waals surface area (Å²) in [6, 6.07) is 0. The van der Waals surface area contributed by atoms with Crippen LogP contribution in [0.5, 0.6) is 5.75 Å². The lowest BCUT2D eigenvalue weighted by Crippen LogP contribution is -2.14. The molecule has 1 fully saturated rings. The Kier molecular flexibility index (Phi) is 5.16. The topological polar surface area (TPSA) is 35.5 Å². The molecule has 1 aromatic rings. The maximum absolute atomic E-state index is 13.9. The predicted octanol–water partition coefficient (Wildman–Crippen LogP) is 4.53. The first-order valence-corrected chi connectivity index (χ1v) is 7.74. The van der Waals surface area contributed by atoms with Crippen LogP contribution < -0.4 is 4.74 Å². The second kappa shape index (κ2) is 6.69. The van der Waals surface area contributed by atoms with E-state index in [4.69, 9.17) is 4.74 Å². The van der Waals surface area contributed by atoms with Crippen LogP contribution in [0.2, 0.25) is 0 Å². The number of esters is 1. The maximum atomic E-state index is 13.9. The Hall–Kier alpha value is -2.05. The summed E-state index contributed by atoms with van der Waals surface area (Å²) >= 11 is 0. The average Bonchev–Trinajstić information content (AvgIpc) is 3.05. The first-order chi connectivity index (χ1) is 11.5. The highest BCUT2D eigenvalue weighted by molar-refractivity contribution is 5.78. The Morgan fingerprint density at radius 1 is 1.08 bits per heavy atom. The lowest BCUT2D eigenvalue weighted by Gasteiger charge is -2.11. The van der Waals surface area contributed by atoms with Crippen LogP contribution >= 0.6 is 0 Å². The molecule has 0 radical (unpaired) electrons. The van der Waals surface area contributed by atoms with E-state index in [0.717, 1.165) is 12.7 Å². The second-order valence-electron chi connectivity index (χ2n) is 6.94. The van der Waals surface area contributed by atoms with E-state index in [2.05, 4.69) is 4.74 Å². The third kappa shape index (κ3) is 3.37. The molecule has 2 rings (SSSR count). The van der Waals surface area contributed by atoms with Crippen molar-refractivity contribution >= 4 is 5.97 Å². The quantitative estimate of drug-likeness (QED) is 0.335. The van der Waals surface area contributed by atoms with E-state index < -0.39 is 53.1 Å². The summed E-state index contributed by atoms with van der Waals surface area (Å²) < 4.78 is 64.4. The summed E-state index contributed by atoms with van der Waals surface area (Å²) in [6.45, 7) is 6.63. The fourth-order valence-electron chi connectivity index (χ4n) is 2.99. The monoisotopic (exact) mass is 360 g/mol. The fraction of sp³-hybridized carbons (Fsp3) is 0.500. The van der Waals surface area contributed by atoms with Crippen LogP contribution in [0.25, 0.3) is 0 Å². The normalized spacial score (nSPS) is 20.8. The van der Waals surface area contributed by atoms with Gasteiger partial charge < -0.3 is 9.47 Å². The number of allylic oxidation sites excluding steroid dienone is 2. The summed E-state index contributed by atoms with van der Waals surface area (Å²) in [6.07, 6.45) is 1.93. The van der Waals surface area contributed by atoms with Crippen LogP contribution in [-0.2, 0) is 16.1 Å². The van der Waals surface area contributed by atoms with Gasteiger partial charge in [-0.25, -0.2) is 8.78 Å². The van der Waals surface area contributed by atoms with E-state index in [9.17, 15) is 22.4 Å². The van der Waals surface area contributed by atoms with Crippen molar-refractivity contribution in [3.63, 3.8) is 0 Å². The van der Waals surface area contributed by atoms with Crippen molar-refractivity contribution in [3.8, 4) is 5.75 Å². The molecule has 2 atom stereocenters. The lowest BCUT2D eigenvalue weighted by atomic mass is 10.1. The molecule has 1 aromatic carbocycles. The molecule has 25 heavy (non-hydrogen) atoms. The molecule has 0 bridgehead atoms. The molecule has 138 valence electrons. The van der Waals surface area contributed by atoms with E-state index >= 15 is 0 Å². The highest BCUT2D eigenvalue weighted by Gasteiger charge is 2.61. The van der Waals surface area contributed by atoms with Crippen LogP contribution in [0.1, 0.15) is 33.3 Å². The van der Waals surface area contributed by atoms with Crippen molar-refractivity contribution in [1.29, 1.82) is 0 Å². The third-order valence-corrected chi connectivity index (χ3v) is 4.55. The zero-order valence-corrected chi connectivity index (χ0v) is 14.7. The number of rotatable bonds is 5. The van der Waals surface area contributed by atoms with Crippen molar-refractivity contribution in [2.45, 2.75) is 34.3 Å². The molecule has 3 nitrogen and oxygen atoms in total. The van der Waals surface area contributed by atoms with Gasteiger partial charge in [-0.05, 0) is 25.2 Å². The Balaban J connectivity index is 2.18. The van der Waals surface area contributed by atoms with E-state index in [1.165, 1.54) is 0 Å². The van der Waals surface area contributed by atoms with Gasteiger partial charge in [-0.2, -0.15) is 8.78 Å². The minimum Gasteiger partial charge on any atom is -0.491 e. The first-order valence-electron chi connectivity index (χ1n) is 7.74. The second-order valence-corrected chi connectivity index (χ2v) is 6.94. The average molecular weight is 360 g/mol. The molecule has 0 aliphatic heterocycles. The minimum absolute atomic E-state index is 0.0518. The Labute approximate surface area is 143 Å². The van der Waals surface area contributed by atoms with Gasteiger partial charge in [-0.1, -0.05) is 25.5 Å². The smallest absolute Gasteiger partial charge is 0.310 e. The van der Waals surface area contributed by atoms with Crippen molar-refractivity contribution in [2.75, 3.05) is 7.11 Å².